The van der Waals surface area contributed by atoms with E-state index in [4.69, 9.17) is 11.6 Å². The zero-order chi connectivity index (χ0) is 13.0. The van der Waals surface area contributed by atoms with Gasteiger partial charge in [0.1, 0.15) is 5.15 Å². The Labute approximate surface area is 115 Å². The zero-order valence-corrected chi connectivity index (χ0v) is 11.6. The molecule has 1 aliphatic carbocycles. The van der Waals surface area contributed by atoms with E-state index in [-0.39, 0.29) is 10.9 Å². The molecule has 1 aromatic heterocycles. The largest absolute Gasteiger partial charge is 0.294 e. The van der Waals surface area contributed by atoms with Crippen LogP contribution in [0.25, 0.3) is 0 Å². The minimum Gasteiger partial charge on any atom is -0.294 e. The van der Waals surface area contributed by atoms with E-state index in [1.54, 1.807) is 0 Å². The van der Waals surface area contributed by atoms with Crippen molar-refractivity contribution in [2.75, 3.05) is 6.26 Å². The highest BCUT2D eigenvalue weighted by molar-refractivity contribution is 7.98. The minimum absolute atomic E-state index is 0.0366. The van der Waals surface area contributed by atoms with Crippen LogP contribution in [-0.2, 0) is 0 Å². The first-order valence-corrected chi connectivity index (χ1v) is 7.26. The van der Waals surface area contributed by atoms with Crippen molar-refractivity contribution in [3.05, 3.63) is 40.7 Å². The summed E-state index contributed by atoms with van der Waals surface area (Å²) in [4.78, 5) is 20.2. The van der Waals surface area contributed by atoms with Gasteiger partial charge in [0.25, 0.3) is 0 Å². The van der Waals surface area contributed by atoms with Gasteiger partial charge in [0, 0.05) is 12.6 Å². The van der Waals surface area contributed by atoms with Crippen molar-refractivity contribution in [2.45, 2.75) is 24.4 Å². The summed E-state index contributed by atoms with van der Waals surface area (Å²) in [6.07, 6.45) is 11.9. The fourth-order valence-corrected chi connectivity index (χ4v) is 2.34. The molecule has 0 unspecified atom stereocenters. The zero-order valence-electron chi connectivity index (χ0n) is 10.0. The Kier molecular flexibility index (Phi) is 4.55. The van der Waals surface area contributed by atoms with Gasteiger partial charge in [-0.05, 0) is 24.7 Å². The number of aromatic nitrogens is 2. The quantitative estimate of drug-likeness (QED) is 0.365. The van der Waals surface area contributed by atoms with Crippen LogP contribution in [0.15, 0.2) is 35.2 Å². The molecule has 0 aliphatic heterocycles. The van der Waals surface area contributed by atoms with Gasteiger partial charge in [0.15, 0.2) is 10.9 Å². The molecule has 0 saturated carbocycles. The summed E-state index contributed by atoms with van der Waals surface area (Å²) >= 11 is 7.40. The molecule has 0 bridgehead atoms. The van der Waals surface area contributed by atoms with Crippen LogP contribution in [0.5, 0.6) is 0 Å². The van der Waals surface area contributed by atoms with Gasteiger partial charge < -0.3 is 0 Å². The Morgan fingerprint density at radius 3 is 2.94 bits per heavy atom. The molecule has 5 heteroatoms. The normalized spacial score (nSPS) is 14.4. The Morgan fingerprint density at radius 1 is 1.50 bits per heavy atom. The van der Waals surface area contributed by atoms with E-state index >= 15 is 0 Å². The highest BCUT2D eigenvalue weighted by atomic mass is 35.5. The lowest BCUT2D eigenvalue weighted by molar-refractivity contribution is 0.0993. The van der Waals surface area contributed by atoms with Gasteiger partial charge >= 0.3 is 0 Å². The summed E-state index contributed by atoms with van der Waals surface area (Å²) in [6, 6.07) is 0. The molecule has 0 N–H and O–H groups in total. The number of hydrogen-bond donors (Lipinski definition) is 0. The summed E-state index contributed by atoms with van der Waals surface area (Å²) in [5, 5.41) is 0.813. The van der Waals surface area contributed by atoms with Crippen molar-refractivity contribution < 1.29 is 4.79 Å². The van der Waals surface area contributed by atoms with Crippen molar-refractivity contribution in [1.82, 2.24) is 9.97 Å². The van der Waals surface area contributed by atoms with Gasteiger partial charge in [-0.25, -0.2) is 9.97 Å². The van der Waals surface area contributed by atoms with Crippen LogP contribution >= 0.6 is 23.4 Å². The summed E-state index contributed by atoms with van der Waals surface area (Å²) in [7, 11) is 0. The van der Waals surface area contributed by atoms with E-state index in [1.807, 2.05) is 12.3 Å². The Bertz CT molecular complexity index is 526. The number of hydrogen-bond acceptors (Lipinski definition) is 4. The molecule has 0 amide bonds. The SMILES string of the molecule is CSc1ncc(C(=O)CC2=CCCC=C2)c(Cl)n1. The predicted octanol–water partition coefficient (Wildman–Crippen LogP) is 3.70. The van der Waals surface area contributed by atoms with Gasteiger partial charge in [0.2, 0.25) is 0 Å². The van der Waals surface area contributed by atoms with Crippen molar-refractivity contribution in [3.8, 4) is 0 Å². The van der Waals surface area contributed by atoms with Crippen LogP contribution in [0.2, 0.25) is 5.15 Å². The number of ketones is 1. The first-order chi connectivity index (χ1) is 8.70. The van der Waals surface area contributed by atoms with Gasteiger partial charge in [-0.3, -0.25) is 4.79 Å². The summed E-state index contributed by atoms with van der Waals surface area (Å²) in [6.45, 7) is 0. The van der Waals surface area contributed by atoms with Crippen molar-refractivity contribution >= 4 is 29.1 Å². The van der Waals surface area contributed by atoms with Crippen LogP contribution in [-0.4, -0.2) is 22.0 Å². The number of rotatable bonds is 4. The molecule has 2 rings (SSSR count). The van der Waals surface area contributed by atoms with Gasteiger partial charge in [0.05, 0.1) is 5.56 Å². The molecule has 1 aromatic rings. The molecule has 1 heterocycles. The minimum atomic E-state index is -0.0366. The molecule has 0 spiro atoms. The van der Waals surface area contributed by atoms with Crippen LogP contribution in [0, 0.1) is 0 Å². The van der Waals surface area contributed by atoms with E-state index in [0.717, 1.165) is 18.4 Å². The maximum atomic E-state index is 12.1. The summed E-state index contributed by atoms with van der Waals surface area (Å²) in [5.74, 6) is -0.0366. The monoisotopic (exact) mass is 280 g/mol. The molecule has 1 aliphatic rings. The average molecular weight is 281 g/mol. The van der Waals surface area contributed by atoms with Crippen LogP contribution in [0.4, 0.5) is 0 Å². The first-order valence-electron chi connectivity index (χ1n) is 5.66. The van der Waals surface area contributed by atoms with Gasteiger partial charge in [-0.15, -0.1) is 0 Å². The van der Waals surface area contributed by atoms with E-state index in [1.165, 1.54) is 18.0 Å². The van der Waals surface area contributed by atoms with Gasteiger partial charge in [-0.1, -0.05) is 41.6 Å². The van der Waals surface area contributed by atoms with Crippen LogP contribution < -0.4 is 0 Å². The molecule has 0 radical (unpaired) electrons. The first kappa shape index (κ1) is 13.3. The predicted molar refractivity (Wildman–Crippen MR) is 74.2 cm³/mol. The number of carbonyl (C=O) groups is 1. The van der Waals surface area contributed by atoms with Crippen LogP contribution in [0.3, 0.4) is 0 Å². The molecule has 0 fully saturated rings. The highest BCUT2D eigenvalue weighted by Crippen LogP contribution is 2.21. The summed E-state index contributed by atoms with van der Waals surface area (Å²) in [5.41, 5.74) is 1.44. The van der Waals surface area contributed by atoms with Crippen molar-refractivity contribution in [1.29, 1.82) is 0 Å². The second kappa shape index (κ2) is 6.16. The fourth-order valence-electron chi connectivity index (χ4n) is 1.71. The average Bonchev–Trinajstić information content (AvgIpc) is 2.39. The number of allylic oxidation sites excluding steroid dienone is 4. The molecule has 0 atom stereocenters. The molecule has 18 heavy (non-hydrogen) atoms. The maximum Gasteiger partial charge on any atom is 0.188 e. The number of nitrogens with zero attached hydrogens (tertiary/aromatic N) is 2. The van der Waals surface area contributed by atoms with Crippen LogP contribution in [0.1, 0.15) is 29.6 Å². The van der Waals surface area contributed by atoms with Crippen molar-refractivity contribution in [3.63, 3.8) is 0 Å². The molecule has 0 saturated heterocycles. The lowest BCUT2D eigenvalue weighted by Gasteiger charge is -2.07. The smallest absolute Gasteiger partial charge is 0.188 e. The summed E-state index contributed by atoms with van der Waals surface area (Å²) < 4.78 is 0. The Balaban J connectivity index is 2.13. The second-order valence-electron chi connectivity index (χ2n) is 3.92. The number of thioether (sulfide) groups is 1. The molecular formula is C13H13ClN2OS. The van der Waals surface area contributed by atoms with E-state index in [0.29, 0.717) is 17.1 Å². The molecule has 0 aromatic carbocycles. The van der Waals surface area contributed by atoms with E-state index in [2.05, 4.69) is 22.1 Å². The van der Waals surface area contributed by atoms with Gasteiger partial charge in [-0.2, -0.15) is 0 Å². The number of halogens is 1. The van der Waals surface area contributed by atoms with Crippen molar-refractivity contribution in [2.24, 2.45) is 0 Å². The lowest BCUT2D eigenvalue weighted by atomic mass is 10.00. The molecule has 94 valence electrons. The maximum absolute atomic E-state index is 12.1. The third kappa shape index (κ3) is 3.21. The Morgan fingerprint density at radius 2 is 2.33 bits per heavy atom. The second-order valence-corrected chi connectivity index (χ2v) is 5.05. The third-order valence-corrected chi connectivity index (χ3v) is 3.49. The number of carbonyl (C=O) groups excluding carboxylic acids is 1. The highest BCUT2D eigenvalue weighted by Gasteiger charge is 2.14. The van der Waals surface area contributed by atoms with E-state index < -0.39 is 0 Å². The topological polar surface area (TPSA) is 42.9 Å². The molecular weight excluding hydrogens is 268 g/mol. The standard InChI is InChI=1S/C13H13ClN2OS/c1-18-13-15-8-10(12(14)16-13)11(17)7-9-5-3-2-4-6-9/h3,5-6,8H,2,4,7H2,1H3. The lowest BCUT2D eigenvalue weighted by Crippen LogP contribution is -2.04. The number of Topliss-reactive ketones (excluding diaryl/α,β-unsaturated/α-hetero) is 1. The molecule has 3 nitrogen and oxygen atoms in total. The van der Waals surface area contributed by atoms with E-state index in [9.17, 15) is 4.79 Å². The fraction of sp³-hybridized carbons (Fsp3) is 0.308. The Hall–Kier alpha value is -1.13. The third-order valence-electron chi connectivity index (χ3n) is 2.64.